The molecule has 1 aliphatic carbocycles. The van der Waals surface area contributed by atoms with E-state index in [1.165, 1.54) is 30.4 Å². The molecule has 0 aromatic heterocycles. The first-order valence-electron chi connectivity index (χ1n) is 5.19. The van der Waals surface area contributed by atoms with E-state index in [1.54, 1.807) is 0 Å². The van der Waals surface area contributed by atoms with Crippen molar-refractivity contribution >= 4 is 0 Å². The zero-order valence-electron chi connectivity index (χ0n) is 8.56. The zero-order chi connectivity index (χ0) is 9.31. The molecule has 2 heteroatoms. The predicted molar refractivity (Wildman–Crippen MR) is 51.5 cm³/mol. The van der Waals surface area contributed by atoms with Gasteiger partial charge in [0.2, 0.25) is 0 Å². The van der Waals surface area contributed by atoms with Crippen LogP contribution < -0.4 is 0 Å². The zero-order valence-corrected chi connectivity index (χ0v) is 8.56. The summed E-state index contributed by atoms with van der Waals surface area (Å²) in [5.41, 5.74) is 2.88. The molecule has 0 bridgehead atoms. The molecule has 0 aromatic rings. The van der Waals surface area contributed by atoms with E-state index in [0.717, 1.165) is 19.6 Å². The van der Waals surface area contributed by atoms with Crippen LogP contribution in [-0.2, 0) is 9.47 Å². The largest absolute Gasteiger partial charge is 0.344 e. The highest BCUT2D eigenvalue weighted by atomic mass is 16.7. The average molecular weight is 182 g/mol. The maximum absolute atomic E-state index is 5.67. The summed E-state index contributed by atoms with van der Waals surface area (Å²) in [5.74, 6) is -0.384. The smallest absolute Gasteiger partial charge is 0.188 e. The third-order valence-electron chi connectivity index (χ3n) is 3.13. The van der Waals surface area contributed by atoms with Crippen LogP contribution in [0.4, 0.5) is 0 Å². The normalized spacial score (nSPS) is 28.2. The summed E-state index contributed by atoms with van der Waals surface area (Å²) in [6, 6.07) is 0. The lowest BCUT2D eigenvalue weighted by Crippen LogP contribution is -2.30. The second kappa shape index (κ2) is 3.43. The van der Waals surface area contributed by atoms with Crippen molar-refractivity contribution in [3.05, 3.63) is 11.1 Å². The lowest BCUT2D eigenvalue weighted by atomic mass is 9.88. The maximum Gasteiger partial charge on any atom is 0.188 e. The molecule has 2 rings (SSSR count). The van der Waals surface area contributed by atoms with E-state index in [1.807, 2.05) is 0 Å². The van der Waals surface area contributed by atoms with Crippen LogP contribution in [0.25, 0.3) is 0 Å². The molecular formula is C11H18O2. The van der Waals surface area contributed by atoms with Crippen LogP contribution in [0.5, 0.6) is 0 Å². The topological polar surface area (TPSA) is 18.5 Å². The Morgan fingerprint density at radius 2 is 1.69 bits per heavy atom. The fourth-order valence-corrected chi connectivity index (χ4v) is 2.36. The van der Waals surface area contributed by atoms with Gasteiger partial charge in [-0.3, -0.25) is 0 Å². The number of rotatable bonds is 1. The first kappa shape index (κ1) is 9.22. The van der Waals surface area contributed by atoms with Crippen molar-refractivity contribution in [2.45, 2.75) is 45.3 Å². The monoisotopic (exact) mass is 182 g/mol. The van der Waals surface area contributed by atoms with Gasteiger partial charge in [0.1, 0.15) is 0 Å². The molecule has 0 spiro atoms. The molecule has 0 aromatic carbocycles. The Morgan fingerprint density at radius 3 is 2.31 bits per heavy atom. The molecule has 0 radical (unpaired) electrons. The van der Waals surface area contributed by atoms with Gasteiger partial charge in [0.15, 0.2) is 5.79 Å². The summed E-state index contributed by atoms with van der Waals surface area (Å²) in [7, 11) is 0. The highest BCUT2D eigenvalue weighted by molar-refractivity contribution is 5.22. The Morgan fingerprint density at radius 1 is 1.08 bits per heavy atom. The fraction of sp³-hybridized carbons (Fsp3) is 0.818. The molecule has 0 saturated carbocycles. The van der Waals surface area contributed by atoms with E-state index < -0.39 is 0 Å². The number of ether oxygens (including phenoxy) is 2. The van der Waals surface area contributed by atoms with Crippen molar-refractivity contribution in [1.82, 2.24) is 0 Å². The molecule has 1 fully saturated rings. The highest BCUT2D eigenvalue weighted by Crippen LogP contribution is 2.37. The van der Waals surface area contributed by atoms with Crippen molar-refractivity contribution < 1.29 is 9.47 Å². The molecule has 1 heterocycles. The lowest BCUT2D eigenvalue weighted by molar-refractivity contribution is -0.113. The Kier molecular flexibility index (Phi) is 2.43. The number of allylic oxidation sites excluding steroid dienone is 1. The highest BCUT2D eigenvalue weighted by Gasteiger charge is 2.36. The molecule has 13 heavy (non-hydrogen) atoms. The summed E-state index contributed by atoms with van der Waals surface area (Å²) in [6.07, 6.45) is 4.99. The summed E-state index contributed by atoms with van der Waals surface area (Å²) in [5, 5.41) is 0. The van der Waals surface area contributed by atoms with Crippen LogP contribution in [0.1, 0.15) is 39.5 Å². The van der Waals surface area contributed by atoms with Crippen LogP contribution in [0.2, 0.25) is 0 Å². The summed E-state index contributed by atoms with van der Waals surface area (Å²) < 4.78 is 11.3. The average Bonchev–Trinajstić information content (AvgIpc) is 2.54. The molecule has 0 unspecified atom stereocenters. The minimum atomic E-state index is -0.384. The van der Waals surface area contributed by atoms with E-state index in [9.17, 15) is 0 Å². The van der Waals surface area contributed by atoms with Gasteiger partial charge in [-0.05, 0) is 45.1 Å². The molecule has 1 saturated heterocycles. The van der Waals surface area contributed by atoms with Crippen LogP contribution in [-0.4, -0.2) is 19.0 Å². The Balaban J connectivity index is 2.22. The fourth-order valence-electron chi connectivity index (χ4n) is 2.36. The molecule has 0 atom stereocenters. The molecule has 2 aliphatic rings. The molecular weight excluding hydrogens is 164 g/mol. The van der Waals surface area contributed by atoms with E-state index in [2.05, 4.69) is 13.8 Å². The first-order chi connectivity index (χ1) is 6.22. The molecule has 0 N–H and O–H groups in total. The van der Waals surface area contributed by atoms with E-state index in [0.29, 0.717) is 0 Å². The Hall–Kier alpha value is -0.340. The standard InChI is InChI=1S/C11H18O2/c1-9-5-3-4-6-10(9)11(2)12-7-8-13-11/h3-8H2,1-2H3. The van der Waals surface area contributed by atoms with Gasteiger partial charge < -0.3 is 9.47 Å². The second-order valence-corrected chi connectivity index (χ2v) is 4.11. The third kappa shape index (κ3) is 1.65. The second-order valence-electron chi connectivity index (χ2n) is 4.11. The molecule has 1 aliphatic heterocycles. The van der Waals surface area contributed by atoms with Gasteiger partial charge in [-0.15, -0.1) is 0 Å². The van der Waals surface area contributed by atoms with Gasteiger partial charge in [-0.1, -0.05) is 5.57 Å². The summed E-state index contributed by atoms with van der Waals surface area (Å²) in [6.45, 7) is 5.76. The third-order valence-corrected chi connectivity index (χ3v) is 3.13. The van der Waals surface area contributed by atoms with Gasteiger partial charge in [0, 0.05) is 0 Å². The van der Waals surface area contributed by atoms with E-state index >= 15 is 0 Å². The van der Waals surface area contributed by atoms with Crippen molar-refractivity contribution in [2.24, 2.45) is 0 Å². The van der Waals surface area contributed by atoms with Gasteiger partial charge >= 0.3 is 0 Å². The molecule has 0 amide bonds. The Labute approximate surface area is 79.9 Å². The lowest BCUT2D eigenvalue weighted by Gasteiger charge is -2.30. The SMILES string of the molecule is CC1=C(C2(C)OCCO2)CCCC1. The van der Waals surface area contributed by atoms with E-state index in [4.69, 9.17) is 9.47 Å². The number of hydrogen-bond donors (Lipinski definition) is 0. The maximum atomic E-state index is 5.67. The van der Waals surface area contributed by atoms with Crippen LogP contribution in [0.15, 0.2) is 11.1 Å². The number of hydrogen-bond acceptors (Lipinski definition) is 2. The van der Waals surface area contributed by atoms with E-state index in [-0.39, 0.29) is 5.79 Å². The predicted octanol–water partition coefficient (Wildman–Crippen LogP) is 2.64. The minimum Gasteiger partial charge on any atom is -0.344 e. The quantitative estimate of drug-likeness (QED) is 0.580. The van der Waals surface area contributed by atoms with Crippen LogP contribution >= 0.6 is 0 Å². The van der Waals surface area contributed by atoms with Gasteiger partial charge in [0.05, 0.1) is 13.2 Å². The summed E-state index contributed by atoms with van der Waals surface area (Å²) in [4.78, 5) is 0. The summed E-state index contributed by atoms with van der Waals surface area (Å²) >= 11 is 0. The van der Waals surface area contributed by atoms with Gasteiger partial charge in [0.25, 0.3) is 0 Å². The van der Waals surface area contributed by atoms with Crippen molar-refractivity contribution in [3.63, 3.8) is 0 Å². The minimum absolute atomic E-state index is 0.384. The van der Waals surface area contributed by atoms with Crippen molar-refractivity contribution in [3.8, 4) is 0 Å². The molecule has 2 nitrogen and oxygen atoms in total. The van der Waals surface area contributed by atoms with Gasteiger partial charge in [-0.2, -0.15) is 0 Å². The molecule has 74 valence electrons. The van der Waals surface area contributed by atoms with Crippen molar-refractivity contribution in [2.75, 3.05) is 13.2 Å². The van der Waals surface area contributed by atoms with Crippen LogP contribution in [0, 0.1) is 0 Å². The van der Waals surface area contributed by atoms with Gasteiger partial charge in [-0.25, -0.2) is 0 Å². The van der Waals surface area contributed by atoms with Crippen molar-refractivity contribution in [1.29, 1.82) is 0 Å². The first-order valence-corrected chi connectivity index (χ1v) is 5.19. The Bertz CT molecular complexity index is 224. The van der Waals surface area contributed by atoms with Crippen LogP contribution in [0.3, 0.4) is 0 Å².